The normalized spacial score (nSPS) is 17.7. The summed E-state index contributed by atoms with van der Waals surface area (Å²) in [5, 5.41) is 12.1. The topological polar surface area (TPSA) is 107 Å². The monoisotopic (exact) mass is 439 g/mol. The summed E-state index contributed by atoms with van der Waals surface area (Å²) in [6.45, 7) is 3.28. The zero-order valence-electron chi connectivity index (χ0n) is 17.1. The van der Waals surface area contributed by atoms with Crippen LogP contribution in [0.25, 0.3) is 10.8 Å². The van der Waals surface area contributed by atoms with Crippen LogP contribution in [-0.4, -0.2) is 55.6 Å². The molecule has 9 heteroatoms. The van der Waals surface area contributed by atoms with Gasteiger partial charge in [-0.25, -0.2) is 8.42 Å². The summed E-state index contributed by atoms with van der Waals surface area (Å²) in [5.41, 5.74) is 1.02. The van der Waals surface area contributed by atoms with E-state index in [1.165, 1.54) is 0 Å². The highest BCUT2D eigenvalue weighted by molar-refractivity contribution is 7.92. The molecule has 3 heterocycles. The van der Waals surface area contributed by atoms with Crippen LogP contribution in [0.5, 0.6) is 0 Å². The van der Waals surface area contributed by atoms with Gasteiger partial charge in [0.2, 0.25) is 0 Å². The molecule has 162 valence electrons. The van der Waals surface area contributed by atoms with E-state index in [4.69, 9.17) is 0 Å². The summed E-state index contributed by atoms with van der Waals surface area (Å²) in [6, 6.07) is 12.6. The number of rotatable bonds is 5. The van der Waals surface area contributed by atoms with Crippen LogP contribution in [0.4, 0.5) is 5.82 Å². The lowest BCUT2D eigenvalue weighted by Crippen LogP contribution is -2.43. The van der Waals surface area contributed by atoms with Gasteiger partial charge in [-0.05, 0) is 61.2 Å². The van der Waals surface area contributed by atoms with Gasteiger partial charge in [0, 0.05) is 18.7 Å². The Hall–Kier alpha value is -2.91. The van der Waals surface area contributed by atoms with E-state index in [1.807, 2.05) is 29.2 Å². The number of hydrogen-bond donors (Lipinski definition) is 3. The fourth-order valence-electron chi connectivity index (χ4n) is 4.45. The minimum absolute atomic E-state index is 0.108. The molecule has 2 aliphatic heterocycles. The van der Waals surface area contributed by atoms with E-state index in [-0.39, 0.29) is 16.6 Å². The second-order valence-corrected chi connectivity index (χ2v) is 9.92. The summed E-state index contributed by atoms with van der Waals surface area (Å²) in [7, 11) is -3.83. The van der Waals surface area contributed by atoms with E-state index >= 15 is 0 Å². The number of nitrogens with one attached hydrogen (secondary N) is 3. The quantitative estimate of drug-likeness (QED) is 0.566. The molecule has 1 aromatic heterocycles. The Kier molecular flexibility index (Phi) is 5.15. The van der Waals surface area contributed by atoms with Crippen molar-refractivity contribution >= 4 is 32.5 Å². The predicted molar refractivity (Wildman–Crippen MR) is 119 cm³/mol. The van der Waals surface area contributed by atoms with Crippen LogP contribution in [-0.2, 0) is 16.4 Å². The molecule has 0 saturated carbocycles. The molecule has 0 unspecified atom stereocenters. The van der Waals surface area contributed by atoms with E-state index in [0.717, 1.165) is 43.2 Å². The fourth-order valence-corrected chi connectivity index (χ4v) is 5.52. The first-order valence-electron chi connectivity index (χ1n) is 10.6. The molecule has 1 amide bonds. The van der Waals surface area contributed by atoms with Gasteiger partial charge in [-0.2, -0.15) is 5.10 Å². The highest BCUT2D eigenvalue weighted by Crippen LogP contribution is 2.28. The van der Waals surface area contributed by atoms with E-state index in [2.05, 4.69) is 20.2 Å². The second kappa shape index (κ2) is 7.97. The zero-order chi connectivity index (χ0) is 21.4. The molecular formula is C22H25N5O3S. The molecule has 0 aliphatic carbocycles. The van der Waals surface area contributed by atoms with Crippen molar-refractivity contribution in [2.75, 3.05) is 30.9 Å². The third kappa shape index (κ3) is 3.90. The molecule has 2 aliphatic rings. The first-order chi connectivity index (χ1) is 15.0. The molecule has 0 spiro atoms. The molecule has 31 heavy (non-hydrogen) atoms. The molecule has 3 aromatic rings. The lowest BCUT2D eigenvalue weighted by atomic mass is 9.96. The summed E-state index contributed by atoms with van der Waals surface area (Å²) >= 11 is 0. The van der Waals surface area contributed by atoms with Crippen molar-refractivity contribution in [2.45, 2.75) is 24.2 Å². The number of piperidine rings is 1. The molecule has 5 rings (SSSR count). The maximum Gasteiger partial charge on any atom is 0.272 e. The lowest BCUT2D eigenvalue weighted by Gasteiger charge is -2.32. The van der Waals surface area contributed by atoms with Crippen molar-refractivity contribution in [1.29, 1.82) is 0 Å². The number of anilines is 1. The van der Waals surface area contributed by atoms with Crippen LogP contribution >= 0.6 is 0 Å². The molecular weight excluding hydrogens is 414 g/mol. The van der Waals surface area contributed by atoms with Crippen LogP contribution < -0.4 is 10.0 Å². The van der Waals surface area contributed by atoms with E-state index in [9.17, 15) is 13.2 Å². The summed E-state index contributed by atoms with van der Waals surface area (Å²) in [4.78, 5) is 15.0. The van der Waals surface area contributed by atoms with Gasteiger partial charge in [0.25, 0.3) is 15.9 Å². The number of sulfonamides is 1. The Labute approximate surface area is 181 Å². The predicted octanol–water partition coefficient (Wildman–Crippen LogP) is 2.36. The smallest absolute Gasteiger partial charge is 0.272 e. The molecule has 8 nitrogen and oxygen atoms in total. The third-order valence-corrected chi connectivity index (χ3v) is 7.54. The van der Waals surface area contributed by atoms with Gasteiger partial charge in [-0.1, -0.05) is 30.3 Å². The maximum atomic E-state index is 13.0. The zero-order valence-corrected chi connectivity index (χ0v) is 17.9. The van der Waals surface area contributed by atoms with Crippen molar-refractivity contribution in [3.8, 4) is 0 Å². The van der Waals surface area contributed by atoms with Crippen LogP contribution in [0, 0.1) is 5.92 Å². The van der Waals surface area contributed by atoms with Crippen molar-refractivity contribution in [3.63, 3.8) is 0 Å². The second-order valence-electron chi connectivity index (χ2n) is 8.23. The Morgan fingerprint density at radius 1 is 1.10 bits per heavy atom. The molecule has 1 saturated heterocycles. The van der Waals surface area contributed by atoms with Gasteiger partial charge in [-0.15, -0.1) is 0 Å². The average molecular weight is 440 g/mol. The lowest BCUT2D eigenvalue weighted by molar-refractivity contribution is 0.0694. The number of benzene rings is 2. The third-order valence-electron chi connectivity index (χ3n) is 6.20. The Morgan fingerprint density at radius 2 is 1.87 bits per heavy atom. The Balaban J connectivity index is 1.35. The Bertz CT molecular complexity index is 1230. The number of aromatic amines is 1. The maximum absolute atomic E-state index is 13.0. The number of aromatic nitrogens is 2. The molecule has 0 bridgehead atoms. The van der Waals surface area contributed by atoms with Crippen molar-refractivity contribution in [2.24, 2.45) is 5.92 Å². The van der Waals surface area contributed by atoms with Gasteiger partial charge in [0.15, 0.2) is 5.82 Å². The first-order valence-corrected chi connectivity index (χ1v) is 12.1. The van der Waals surface area contributed by atoms with Gasteiger partial charge in [-0.3, -0.25) is 14.6 Å². The minimum atomic E-state index is -3.83. The van der Waals surface area contributed by atoms with Crippen molar-refractivity contribution in [1.82, 2.24) is 20.4 Å². The van der Waals surface area contributed by atoms with E-state index in [0.29, 0.717) is 30.1 Å². The SMILES string of the molecule is O=C1c2[nH]nc(NS(=O)(=O)c3ccc4ccccc4c3)c2CCN1CC1CCNCC1. The van der Waals surface area contributed by atoms with Crippen molar-refractivity contribution in [3.05, 3.63) is 53.7 Å². The number of carbonyl (C=O) groups excluding carboxylic acids is 1. The van der Waals surface area contributed by atoms with Crippen LogP contribution in [0.15, 0.2) is 47.4 Å². The van der Waals surface area contributed by atoms with Gasteiger partial charge in [0.1, 0.15) is 5.69 Å². The van der Waals surface area contributed by atoms with Crippen LogP contribution in [0.1, 0.15) is 28.9 Å². The largest absolute Gasteiger partial charge is 0.337 e. The fraction of sp³-hybridized carbons (Fsp3) is 0.364. The Morgan fingerprint density at radius 3 is 2.68 bits per heavy atom. The number of nitrogens with zero attached hydrogens (tertiary/aromatic N) is 2. The number of hydrogen-bond acceptors (Lipinski definition) is 5. The number of H-pyrrole nitrogens is 1. The molecule has 0 radical (unpaired) electrons. The van der Waals surface area contributed by atoms with Gasteiger partial charge >= 0.3 is 0 Å². The summed E-state index contributed by atoms with van der Waals surface area (Å²) in [5.74, 6) is 0.599. The number of amides is 1. The average Bonchev–Trinajstić information content (AvgIpc) is 3.19. The summed E-state index contributed by atoms with van der Waals surface area (Å²) in [6.07, 6.45) is 2.70. The molecule has 2 aromatic carbocycles. The standard InChI is InChI=1S/C22H25N5O3S/c28-22-20-19(9-12-27(22)14-15-7-10-23-11-8-15)21(25-24-20)26-31(29,30)18-6-5-16-3-1-2-4-17(16)13-18/h1-6,13,15,23H,7-12,14H2,(H2,24,25,26). The van der Waals surface area contributed by atoms with Crippen LogP contribution in [0.2, 0.25) is 0 Å². The molecule has 1 fully saturated rings. The summed E-state index contributed by atoms with van der Waals surface area (Å²) < 4.78 is 28.5. The highest BCUT2D eigenvalue weighted by Gasteiger charge is 2.32. The minimum Gasteiger partial charge on any atom is -0.337 e. The van der Waals surface area contributed by atoms with E-state index < -0.39 is 10.0 Å². The number of fused-ring (bicyclic) bond motifs is 2. The van der Waals surface area contributed by atoms with Gasteiger partial charge in [0.05, 0.1) is 4.90 Å². The van der Waals surface area contributed by atoms with Gasteiger partial charge < -0.3 is 10.2 Å². The molecule has 0 atom stereocenters. The first kappa shape index (κ1) is 20.0. The number of carbonyl (C=O) groups is 1. The van der Waals surface area contributed by atoms with E-state index in [1.54, 1.807) is 18.2 Å². The van der Waals surface area contributed by atoms with Crippen molar-refractivity contribution < 1.29 is 13.2 Å². The highest BCUT2D eigenvalue weighted by atomic mass is 32.2. The van der Waals surface area contributed by atoms with Crippen LogP contribution in [0.3, 0.4) is 0 Å². The molecule has 3 N–H and O–H groups in total.